The Kier molecular flexibility index (Phi) is 12.3. The number of carbonyl (C=O) groups is 3. The van der Waals surface area contributed by atoms with Crippen LogP contribution in [0.5, 0.6) is 0 Å². The fourth-order valence-electron chi connectivity index (χ4n) is 8.30. The minimum Gasteiger partial charge on any atom is -0.468 e. The lowest BCUT2D eigenvalue weighted by Crippen LogP contribution is -2.71. The number of rotatable bonds is 13. The molecule has 0 spiro atoms. The van der Waals surface area contributed by atoms with Crippen LogP contribution in [0.2, 0.25) is 0 Å². The number of nitrogens with zero attached hydrogens (tertiary/aromatic N) is 4. The van der Waals surface area contributed by atoms with E-state index in [2.05, 4.69) is 65.2 Å². The van der Waals surface area contributed by atoms with Crippen molar-refractivity contribution in [3.05, 3.63) is 47.8 Å². The molecule has 2 bridgehead atoms. The molecule has 14 nitrogen and oxygen atoms in total. The normalized spacial score (nSPS) is 22.3. The van der Waals surface area contributed by atoms with Crippen molar-refractivity contribution in [2.75, 3.05) is 45.4 Å². The first kappa shape index (κ1) is 41.4. The zero-order valence-corrected chi connectivity index (χ0v) is 34.4. The summed E-state index contributed by atoms with van der Waals surface area (Å²) in [6.07, 6.45) is 2.66. The van der Waals surface area contributed by atoms with Crippen LogP contribution in [0.4, 0.5) is 10.5 Å². The van der Waals surface area contributed by atoms with E-state index in [9.17, 15) is 19.5 Å². The minimum absolute atomic E-state index is 0.0271. The molecule has 2 aromatic heterocycles. The van der Waals surface area contributed by atoms with Crippen LogP contribution in [0.15, 0.2) is 36.5 Å². The van der Waals surface area contributed by atoms with Crippen molar-refractivity contribution in [2.24, 2.45) is 11.3 Å². The number of fused-ring (bicyclic) bond motifs is 3. The summed E-state index contributed by atoms with van der Waals surface area (Å²) < 4.78 is 25.0. The number of aliphatic hydroxyl groups excluding tert-OH is 1. The number of esters is 1. The van der Waals surface area contributed by atoms with Crippen LogP contribution in [0.25, 0.3) is 22.2 Å². The smallest absolute Gasteiger partial charge is 0.408 e. The fourth-order valence-corrected chi connectivity index (χ4v) is 8.30. The third-order valence-corrected chi connectivity index (χ3v) is 11.3. The number of hydrogen-bond acceptors (Lipinski definition) is 11. The van der Waals surface area contributed by atoms with Gasteiger partial charge in [0.1, 0.15) is 17.7 Å². The van der Waals surface area contributed by atoms with Gasteiger partial charge in [0.2, 0.25) is 0 Å². The van der Waals surface area contributed by atoms with Gasteiger partial charge in [0.05, 0.1) is 37.3 Å². The number of methoxy groups -OCH3 is 2. The molecule has 1 aromatic carbocycles. The average molecular weight is 777 g/mol. The Morgan fingerprint density at radius 2 is 1.88 bits per heavy atom. The van der Waals surface area contributed by atoms with Gasteiger partial charge in [-0.3, -0.25) is 19.6 Å². The number of aryl methyl sites for hydroxylation is 1. The van der Waals surface area contributed by atoms with Crippen molar-refractivity contribution >= 4 is 34.6 Å². The van der Waals surface area contributed by atoms with E-state index in [1.807, 2.05) is 13.0 Å². The molecule has 3 aromatic rings. The number of morpholine rings is 1. The number of pyridine rings is 1. The summed E-state index contributed by atoms with van der Waals surface area (Å²) in [6.45, 7) is 15.9. The number of nitrogens with one attached hydrogen (secondary N) is 2. The van der Waals surface area contributed by atoms with Gasteiger partial charge >= 0.3 is 12.1 Å². The number of anilines is 1. The van der Waals surface area contributed by atoms with Gasteiger partial charge in [0.25, 0.3) is 5.91 Å². The molecule has 4 atom stereocenters. The maximum absolute atomic E-state index is 14.2. The lowest BCUT2D eigenvalue weighted by molar-refractivity contribution is -0.167. The molecule has 4 aliphatic rings. The molecule has 0 radical (unpaired) electrons. The van der Waals surface area contributed by atoms with Crippen molar-refractivity contribution in [3.8, 4) is 11.3 Å². The third-order valence-electron chi connectivity index (χ3n) is 11.3. The lowest BCUT2D eigenvalue weighted by Gasteiger charge is -2.53. The van der Waals surface area contributed by atoms with Gasteiger partial charge in [-0.15, -0.1) is 0 Å². The highest BCUT2D eigenvalue weighted by Gasteiger charge is 2.51. The van der Waals surface area contributed by atoms with Crippen molar-refractivity contribution < 1.29 is 38.4 Å². The van der Waals surface area contributed by atoms with E-state index < -0.39 is 35.9 Å². The maximum Gasteiger partial charge on any atom is 0.408 e. The summed E-state index contributed by atoms with van der Waals surface area (Å²) in [5, 5.41) is 15.9. The second-order valence-corrected chi connectivity index (χ2v) is 17.2. The lowest BCUT2D eigenvalue weighted by atomic mass is 9.73. The van der Waals surface area contributed by atoms with Crippen LogP contribution in [0.3, 0.4) is 0 Å². The third kappa shape index (κ3) is 8.68. The Labute approximate surface area is 330 Å². The zero-order chi connectivity index (χ0) is 40.5. The zero-order valence-electron chi connectivity index (χ0n) is 34.4. The van der Waals surface area contributed by atoms with Crippen LogP contribution in [-0.4, -0.2) is 108 Å². The first-order valence-electron chi connectivity index (χ1n) is 19.8. The van der Waals surface area contributed by atoms with Crippen LogP contribution in [0.1, 0.15) is 85.1 Å². The summed E-state index contributed by atoms with van der Waals surface area (Å²) >= 11 is 0. The topological polar surface area (TPSA) is 157 Å². The molecule has 1 aliphatic carbocycles. The van der Waals surface area contributed by atoms with Crippen LogP contribution in [-0.2, 0) is 41.5 Å². The number of hydrazine groups is 1. The molecule has 3 N–H and O–H groups in total. The van der Waals surface area contributed by atoms with Gasteiger partial charge in [0.15, 0.2) is 0 Å². The summed E-state index contributed by atoms with van der Waals surface area (Å²) in [5.41, 5.74) is 8.10. The van der Waals surface area contributed by atoms with Crippen molar-refractivity contribution in [3.63, 3.8) is 0 Å². The number of aromatic nitrogens is 2. The molecule has 14 heteroatoms. The molecule has 306 valence electrons. The number of alkyl carbamates (subject to hydrolysis) is 1. The second-order valence-electron chi connectivity index (χ2n) is 17.2. The molecule has 2 amide bonds. The van der Waals surface area contributed by atoms with Crippen LogP contribution in [0, 0.1) is 11.3 Å². The van der Waals surface area contributed by atoms with Gasteiger partial charge in [-0.2, -0.15) is 0 Å². The molecule has 3 saturated heterocycles. The summed E-state index contributed by atoms with van der Waals surface area (Å²) in [6, 6.07) is 8.88. The molecule has 3 aliphatic heterocycles. The van der Waals surface area contributed by atoms with Gasteiger partial charge in [-0.25, -0.2) is 10.2 Å². The average Bonchev–Trinajstić information content (AvgIpc) is 3.46. The van der Waals surface area contributed by atoms with Gasteiger partial charge in [0, 0.05) is 74.2 Å². The van der Waals surface area contributed by atoms with E-state index in [0.29, 0.717) is 39.0 Å². The van der Waals surface area contributed by atoms with Crippen LogP contribution >= 0.6 is 0 Å². The Morgan fingerprint density at radius 1 is 1.12 bits per heavy atom. The van der Waals surface area contributed by atoms with E-state index in [1.54, 1.807) is 34.1 Å². The number of aliphatic hydroxyl groups is 1. The fraction of sp³-hybridized carbons (Fsp3) is 0.619. The van der Waals surface area contributed by atoms with E-state index >= 15 is 0 Å². The first-order chi connectivity index (χ1) is 26.6. The van der Waals surface area contributed by atoms with E-state index in [4.69, 9.17) is 23.9 Å². The molecule has 1 saturated carbocycles. The standard InChI is InChI=1S/C42H60N6O8/c1-10-47-34-14-13-27(20-31(34)32(22-42(6,7)24-49)37(47)30-12-11-15-43-35(30)25(2)53-8)46-16-17-55-29(23-46)21-33(44-40(52)56-41(3,4)5)38(50)48-28-18-26(19-28)36(45-48)39(51)54-9/h11-15,20,25-26,28-29,33,36,45,49H,10,16-19,21-24H2,1-9H3,(H,44,52)/t25-,26?,28?,29-,33-,36-/m0/s1. The molecule has 7 rings (SSSR count). The molecule has 0 unspecified atom stereocenters. The van der Waals surface area contributed by atoms with Crippen molar-refractivity contribution in [1.29, 1.82) is 0 Å². The SMILES string of the molecule is CCn1c(-c2cccnc2[C@H](C)OC)c(CC(C)(C)CO)c2cc(N3CCO[C@@H](C[C@H](NC(=O)OC(C)(C)C)C(=O)N4N[C@H](C(=O)OC)C5CC4C5)C3)ccc21. The van der Waals surface area contributed by atoms with Gasteiger partial charge in [-0.05, 0) is 101 Å². The summed E-state index contributed by atoms with van der Waals surface area (Å²) in [4.78, 5) is 46.9. The van der Waals surface area contributed by atoms with E-state index in [-0.39, 0.29) is 42.4 Å². The highest BCUT2D eigenvalue weighted by atomic mass is 16.6. The van der Waals surface area contributed by atoms with Crippen molar-refractivity contribution in [2.45, 2.75) is 117 Å². The number of benzene rings is 1. The Morgan fingerprint density at radius 3 is 2.54 bits per heavy atom. The molecule has 5 heterocycles. The summed E-state index contributed by atoms with van der Waals surface area (Å²) in [7, 11) is 3.03. The Balaban J connectivity index is 1.31. The van der Waals surface area contributed by atoms with Gasteiger partial charge in [-0.1, -0.05) is 13.8 Å². The number of amides is 2. The molecule has 4 fully saturated rings. The highest BCUT2D eigenvalue weighted by Crippen LogP contribution is 2.42. The number of hydrogen-bond donors (Lipinski definition) is 3. The van der Waals surface area contributed by atoms with Crippen LogP contribution < -0.4 is 15.6 Å². The Bertz CT molecular complexity index is 1900. The first-order valence-corrected chi connectivity index (χ1v) is 19.8. The predicted octanol–water partition coefficient (Wildman–Crippen LogP) is 5.15. The number of carbonyl (C=O) groups excluding carboxylic acids is 3. The summed E-state index contributed by atoms with van der Waals surface area (Å²) in [5.74, 6) is -0.667. The molecular formula is C42H60N6O8. The maximum atomic E-state index is 14.2. The largest absolute Gasteiger partial charge is 0.468 e. The quantitative estimate of drug-likeness (QED) is 0.198. The molecular weight excluding hydrogens is 716 g/mol. The highest BCUT2D eigenvalue weighted by molar-refractivity contribution is 5.95. The Hall–Kier alpha value is -4.24. The second kappa shape index (κ2) is 16.7. The minimum atomic E-state index is -0.975. The van der Waals surface area contributed by atoms with E-state index in [0.717, 1.165) is 45.6 Å². The predicted molar refractivity (Wildman–Crippen MR) is 213 cm³/mol. The number of ether oxygens (including phenoxy) is 4. The molecule has 56 heavy (non-hydrogen) atoms. The van der Waals surface area contributed by atoms with Crippen molar-refractivity contribution in [1.82, 2.24) is 25.3 Å². The van der Waals surface area contributed by atoms with Gasteiger partial charge < -0.3 is 38.8 Å². The monoisotopic (exact) mass is 776 g/mol. The van der Waals surface area contributed by atoms with E-state index in [1.165, 1.54) is 12.1 Å².